The zero-order chi connectivity index (χ0) is 22.8. The molecular weight excluding hydrogens is 453 g/mol. The standard InChI is InChI=1S/C19H17F3N4O3S2/c1-3-29-17(28)14-9(2)11(7-23)16(31-14)25-13(27)8-30-18-24-12-6-4-5-10(12)15(26-18)19(20,21)22/h3-6,8H2,1-2H3,(H,25,27). The quantitative estimate of drug-likeness (QED) is 0.384. The average molecular weight is 470 g/mol. The number of thiophene rings is 1. The number of aryl methyl sites for hydroxylation is 1. The number of hydrogen-bond donors (Lipinski definition) is 1. The molecule has 0 aromatic carbocycles. The van der Waals surface area contributed by atoms with Crippen LogP contribution in [0.15, 0.2) is 5.16 Å². The van der Waals surface area contributed by atoms with Gasteiger partial charge in [0.2, 0.25) is 5.91 Å². The fourth-order valence-corrected chi connectivity index (χ4v) is 4.86. The summed E-state index contributed by atoms with van der Waals surface area (Å²) in [6.45, 7) is 3.39. The Kier molecular flexibility index (Phi) is 6.86. The number of fused-ring (bicyclic) bond motifs is 1. The highest BCUT2D eigenvalue weighted by atomic mass is 32.2. The number of ether oxygens (including phenoxy) is 1. The zero-order valence-corrected chi connectivity index (χ0v) is 18.2. The van der Waals surface area contributed by atoms with E-state index in [2.05, 4.69) is 15.3 Å². The molecule has 31 heavy (non-hydrogen) atoms. The third kappa shape index (κ3) is 4.99. The second-order valence-electron chi connectivity index (χ2n) is 6.56. The van der Waals surface area contributed by atoms with E-state index in [0.717, 1.165) is 23.1 Å². The summed E-state index contributed by atoms with van der Waals surface area (Å²) >= 11 is 1.69. The van der Waals surface area contributed by atoms with E-state index in [1.807, 2.05) is 6.07 Å². The lowest BCUT2D eigenvalue weighted by Gasteiger charge is -2.12. The van der Waals surface area contributed by atoms with Crippen molar-refractivity contribution in [3.8, 4) is 6.07 Å². The van der Waals surface area contributed by atoms with Gasteiger partial charge < -0.3 is 10.1 Å². The number of esters is 1. The first kappa shape index (κ1) is 23.0. The topological polar surface area (TPSA) is 105 Å². The van der Waals surface area contributed by atoms with Crippen molar-refractivity contribution in [2.45, 2.75) is 44.4 Å². The molecule has 0 radical (unpaired) electrons. The van der Waals surface area contributed by atoms with Gasteiger partial charge in [0.25, 0.3) is 0 Å². The van der Waals surface area contributed by atoms with Crippen molar-refractivity contribution in [3.63, 3.8) is 0 Å². The van der Waals surface area contributed by atoms with Gasteiger partial charge in [-0.05, 0) is 38.7 Å². The Morgan fingerprint density at radius 3 is 2.71 bits per heavy atom. The van der Waals surface area contributed by atoms with Crippen molar-refractivity contribution in [2.24, 2.45) is 0 Å². The van der Waals surface area contributed by atoms with Gasteiger partial charge in [-0.15, -0.1) is 11.3 Å². The third-order valence-electron chi connectivity index (χ3n) is 4.49. The summed E-state index contributed by atoms with van der Waals surface area (Å²) in [6, 6.07) is 1.94. The molecule has 2 heterocycles. The normalized spacial score (nSPS) is 12.9. The summed E-state index contributed by atoms with van der Waals surface area (Å²) in [6.07, 6.45) is -3.28. The first-order valence-corrected chi connectivity index (χ1v) is 11.1. The number of amides is 1. The fraction of sp³-hybridized carbons (Fsp3) is 0.421. The molecule has 0 saturated heterocycles. The van der Waals surface area contributed by atoms with Crippen LogP contribution in [0.5, 0.6) is 0 Å². The van der Waals surface area contributed by atoms with E-state index in [9.17, 15) is 28.0 Å². The van der Waals surface area contributed by atoms with Gasteiger partial charge in [0.05, 0.1) is 17.9 Å². The molecule has 2 aromatic heterocycles. The molecule has 0 aliphatic heterocycles. The maximum Gasteiger partial charge on any atom is 0.433 e. The number of halogens is 3. The largest absolute Gasteiger partial charge is 0.462 e. The lowest BCUT2D eigenvalue weighted by Crippen LogP contribution is -2.16. The van der Waals surface area contributed by atoms with Crippen LogP contribution >= 0.6 is 23.1 Å². The molecule has 1 aliphatic carbocycles. The Labute approximate surface area is 184 Å². The average Bonchev–Trinajstić information content (AvgIpc) is 3.29. The van der Waals surface area contributed by atoms with Crippen molar-refractivity contribution in [3.05, 3.63) is 33.0 Å². The summed E-state index contributed by atoms with van der Waals surface area (Å²) in [4.78, 5) is 32.4. The van der Waals surface area contributed by atoms with Crippen LogP contribution in [0.1, 0.15) is 51.1 Å². The number of anilines is 1. The first-order chi connectivity index (χ1) is 14.7. The van der Waals surface area contributed by atoms with Crippen LogP contribution in [0, 0.1) is 18.3 Å². The number of carbonyl (C=O) groups excluding carboxylic acids is 2. The molecular formula is C19H17F3N4O3S2. The van der Waals surface area contributed by atoms with Crippen LogP contribution in [0.2, 0.25) is 0 Å². The Morgan fingerprint density at radius 1 is 1.32 bits per heavy atom. The number of nitrogens with one attached hydrogen (secondary N) is 1. The molecule has 0 saturated carbocycles. The second-order valence-corrected chi connectivity index (χ2v) is 8.52. The lowest BCUT2D eigenvalue weighted by molar-refractivity contribution is -0.142. The Morgan fingerprint density at radius 2 is 2.06 bits per heavy atom. The molecule has 3 rings (SSSR count). The van der Waals surface area contributed by atoms with Gasteiger partial charge in [0.15, 0.2) is 10.9 Å². The Hall–Kier alpha value is -2.65. The molecule has 1 aliphatic rings. The SMILES string of the molecule is CCOC(=O)c1sc(NC(=O)CSc2nc3c(c(C(F)(F)F)n2)CCC3)c(C#N)c1C. The van der Waals surface area contributed by atoms with Crippen molar-refractivity contribution in [2.75, 3.05) is 17.7 Å². The fourth-order valence-electron chi connectivity index (χ4n) is 3.13. The smallest absolute Gasteiger partial charge is 0.433 e. The van der Waals surface area contributed by atoms with E-state index in [-0.39, 0.29) is 44.9 Å². The minimum Gasteiger partial charge on any atom is -0.462 e. The minimum absolute atomic E-state index is 0.125. The molecule has 0 unspecified atom stereocenters. The summed E-state index contributed by atoms with van der Waals surface area (Å²) in [5.74, 6) is -1.41. The summed E-state index contributed by atoms with van der Waals surface area (Å²) in [5.41, 5.74) is 0.0772. The van der Waals surface area contributed by atoms with Crippen LogP contribution in [-0.4, -0.2) is 34.2 Å². The third-order valence-corrected chi connectivity index (χ3v) is 6.52. The molecule has 7 nitrogen and oxygen atoms in total. The predicted molar refractivity (Wildman–Crippen MR) is 108 cm³/mol. The molecule has 1 amide bonds. The molecule has 0 spiro atoms. The highest BCUT2D eigenvalue weighted by Gasteiger charge is 2.38. The minimum atomic E-state index is -4.59. The van der Waals surface area contributed by atoms with Gasteiger partial charge in [-0.1, -0.05) is 11.8 Å². The predicted octanol–water partition coefficient (Wildman–Crippen LogP) is 4.13. The van der Waals surface area contributed by atoms with Crippen LogP contribution in [0.4, 0.5) is 18.2 Å². The number of aromatic nitrogens is 2. The van der Waals surface area contributed by atoms with Crippen molar-refractivity contribution >= 4 is 40.0 Å². The van der Waals surface area contributed by atoms with Crippen molar-refractivity contribution in [1.82, 2.24) is 9.97 Å². The highest BCUT2D eigenvalue weighted by Crippen LogP contribution is 2.36. The number of rotatable bonds is 6. The Bertz CT molecular complexity index is 1080. The van der Waals surface area contributed by atoms with Gasteiger partial charge in [-0.3, -0.25) is 4.79 Å². The van der Waals surface area contributed by atoms with E-state index < -0.39 is 23.7 Å². The lowest BCUT2D eigenvalue weighted by atomic mass is 10.2. The highest BCUT2D eigenvalue weighted by molar-refractivity contribution is 7.99. The van der Waals surface area contributed by atoms with Crippen molar-refractivity contribution < 1.29 is 27.5 Å². The van der Waals surface area contributed by atoms with Crippen molar-refractivity contribution in [1.29, 1.82) is 5.26 Å². The second kappa shape index (κ2) is 9.23. The molecule has 1 N–H and O–H groups in total. The van der Waals surface area contributed by atoms with E-state index in [0.29, 0.717) is 24.1 Å². The monoisotopic (exact) mass is 470 g/mol. The molecule has 164 valence electrons. The van der Waals surface area contributed by atoms with Crippen LogP contribution in [0.25, 0.3) is 0 Å². The molecule has 12 heteroatoms. The summed E-state index contributed by atoms with van der Waals surface area (Å²) in [7, 11) is 0. The van der Waals surface area contributed by atoms with E-state index >= 15 is 0 Å². The van der Waals surface area contributed by atoms with E-state index in [4.69, 9.17) is 4.74 Å². The number of carbonyl (C=O) groups is 2. The van der Waals surface area contributed by atoms with Crippen LogP contribution in [0.3, 0.4) is 0 Å². The van der Waals surface area contributed by atoms with E-state index in [1.54, 1.807) is 13.8 Å². The van der Waals surface area contributed by atoms with E-state index in [1.165, 1.54) is 0 Å². The van der Waals surface area contributed by atoms with Gasteiger partial charge in [-0.2, -0.15) is 18.4 Å². The first-order valence-electron chi connectivity index (χ1n) is 9.25. The zero-order valence-electron chi connectivity index (χ0n) is 16.6. The maximum atomic E-state index is 13.3. The maximum absolute atomic E-state index is 13.3. The van der Waals surface area contributed by atoms with Gasteiger partial charge >= 0.3 is 12.1 Å². The van der Waals surface area contributed by atoms with Gasteiger partial charge in [0, 0.05) is 11.3 Å². The molecule has 0 fully saturated rings. The molecule has 0 bridgehead atoms. The van der Waals surface area contributed by atoms with Crippen LogP contribution in [-0.2, 0) is 28.5 Å². The number of alkyl halides is 3. The summed E-state index contributed by atoms with van der Waals surface area (Å²) < 4.78 is 44.9. The Balaban J connectivity index is 1.74. The van der Waals surface area contributed by atoms with Gasteiger partial charge in [0.1, 0.15) is 15.9 Å². The number of nitriles is 1. The number of hydrogen-bond acceptors (Lipinski definition) is 8. The molecule has 2 aromatic rings. The summed E-state index contributed by atoms with van der Waals surface area (Å²) in [5, 5.41) is 12.0. The number of thioether (sulfide) groups is 1. The van der Waals surface area contributed by atoms with Gasteiger partial charge in [-0.25, -0.2) is 14.8 Å². The van der Waals surface area contributed by atoms with Crippen LogP contribution < -0.4 is 5.32 Å². The number of nitrogens with zero attached hydrogens (tertiary/aromatic N) is 3. The molecule has 0 atom stereocenters.